The molecular formula is C11H19N3O4. The highest BCUT2D eigenvalue weighted by Crippen LogP contribution is 2.34. The highest BCUT2D eigenvalue weighted by Gasteiger charge is 2.48. The Hall–Kier alpha value is -1.34. The summed E-state index contributed by atoms with van der Waals surface area (Å²) in [5.41, 5.74) is 7.59. The van der Waals surface area contributed by atoms with Crippen molar-refractivity contribution >= 4 is 12.1 Å². The molecule has 2 aliphatic rings. The highest BCUT2D eigenvalue weighted by atomic mass is 16.6. The highest BCUT2D eigenvalue weighted by molar-refractivity contribution is 5.84. The van der Waals surface area contributed by atoms with Crippen LogP contribution in [0.3, 0.4) is 0 Å². The molecule has 2 fully saturated rings. The molecule has 1 heterocycles. The zero-order valence-electron chi connectivity index (χ0n) is 10.5. The second kappa shape index (κ2) is 5.11. The van der Waals surface area contributed by atoms with E-state index >= 15 is 0 Å². The Balaban J connectivity index is 1.79. The molecule has 0 aromatic rings. The molecule has 1 atom stereocenters. The number of nitrogens with zero attached hydrogens (tertiary/aromatic N) is 1. The van der Waals surface area contributed by atoms with E-state index in [9.17, 15) is 9.59 Å². The van der Waals surface area contributed by atoms with E-state index in [2.05, 4.69) is 10.2 Å². The molecule has 18 heavy (non-hydrogen) atoms. The van der Waals surface area contributed by atoms with E-state index in [4.69, 9.17) is 10.5 Å². The minimum Gasteiger partial charge on any atom is -0.460 e. The maximum absolute atomic E-state index is 11.7. The van der Waals surface area contributed by atoms with Crippen LogP contribution in [0.4, 0.5) is 4.79 Å². The Labute approximate surface area is 106 Å². The summed E-state index contributed by atoms with van der Waals surface area (Å²) in [6.07, 6.45) is 2.30. The van der Waals surface area contributed by atoms with Crippen LogP contribution >= 0.6 is 0 Å². The zero-order valence-corrected chi connectivity index (χ0v) is 10.5. The van der Waals surface area contributed by atoms with E-state index in [0.717, 1.165) is 19.4 Å². The first kappa shape index (κ1) is 13.1. The molecule has 7 nitrogen and oxygen atoms in total. The first-order valence-corrected chi connectivity index (χ1v) is 6.13. The summed E-state index contributed by atoms with van der Waals surface area (Å²) in [5, 5.41) is 1.70. The van der Waals surface area contributed by atoms with Crippen LogP contribution < -0.4 is 11.2 Å². The van der Waals surface area contributed by atoms with Crippen molar-refractivity contribution in [2.75, 3.05) is 20.2 Å². The second-order valence-electron chi connectivity index (χ2n) is 4.88. The largest absolute Gasteiger partial charge is 0.460 e. The van der Waals surface area contributed by atoms with Crippen molar-refractivity contribution in [3.63, 3.8) is 0 Å². The SMILES string of the molecule is COC(=O)NN1CCCC(OC(=O)C2(N)CC2)C1. The van der Waals surface area contributed by atoms with Gasteiger partial charge in [0.25, 0.3) is 0 Å². The second-order valence-corrected chi connectivity index (χ2v) is 4.88. The number of hydrazine groups is 1. The van der Waals surface area contributed by atoms with E-state index < -0.39 is 11.6 Å². The third-order valence-electron chi connectivity index (χ3n) is 3.28. The van der Waals surface area contributed by atoms with Crippen LogP contribution in [0.2, 0.25) is 0 Å². The van der Waals surface area contributed by atoms with Crippen LogP contribution in [0.5, 0.6) is 0 Å². The number of nitrogens with one attached hydrogen (secondary N) is 1. The van der Waals surface area contributed by atoms with Gasteiger partial charge in [0.05, 0.1) is 13.7 Å². The van der Waals surface area contributed by atoms with Crippen molar-refractivity contribution in [1.29, 1.82) is 0 Å². The van der Waals surface area contributed by atoms with E-state index in [1.165, 1.54) is 7.11 Å². The van der Waals surface area contributed by atoms with Gasteiger partial charge in [-0.05, 0) is 25.7 Å². The monoisotopic (exact) mass is 257 g/mol. The fourth-order valence-corrected chi connectivity index (χ4v) is 1.92. The molecule has 1 amide bonds. The lowest BCUT2D eigenvalue weighted by atomic mass is 10.1. The average molecular weight is 257 g/mol. The summed E-state index contributed by atoms with van der Waals surface area (Å²) >= 11 is 0. The van der Waals surface area contributed by atoms with Gasteiger partial charge in [0.15, 0.2) is 0 Å². The first-order valence-electron chi connectivity index (χ1n) is 6.13. The van der Waals surface area contributed by atoms with Gasteiger partial charge in [-0.3, -0.25) is 10.2 Å². The predicted octanol–water partition coefficient (Wildman–Crippen LogP) is -0.244. The molecule has 1 saturated carbocycles. The number of piperidine rings is 1. The zero-order chi connectivity index (χ0) is 13.2. The molecule has 1 unspecified atom stereocenters. The smallest absolute Gasteiger partial charge is 0.421 e. The van der Waals surface area contributed by atoms with Crippen LogP contribution in [0, 0.1) is 0 Å². The van der Waals surface area contributed by atoms with Crippen molar-refractivity contribution in [3.8, 4) is 0 Å². The quantitative estimate of drug-likeness (QED) is 0.677. The fraction of sp³-hybridized carbons (Fsp3) is 0.818. The molecule has 1 aliphatic heterocycles. The maximum atomic E-state index is 11.7. The minimum atomic E-state index is -0.752. The molecule has 0 bridgehead atoms. The van der Waals surface area contributed by atoms with Crippen molar-refractivity contribution in [2.24, 2.45) is 5.73 Å². The minimum absolute atomic E-state index is 0.218. The molecule has 1 aliphatic carbocycles. The van der Waals surface area contributed by atoms with E-state index in [0.29, 0.717) is 19.4 Å². The van der Waals surface area contributed by atoms with Crippen LogP contribution in [0.1, 0.15) is 25.7 Å². The van der Waals surface area contributed by atoms with Crippen molar-refractivity contribution in [1.82, 2.24) is 10.4 Å². The van der Waals surface area contributed by atoms with Crippen molar-refractivity contribution < 1.29 is 19.1 Å². The number of amides is 1. The Morgan fingerprint density at radius 2 is 2.17 bits per heavy atom. The Bertz CT molecular complexity index is 343. The molecule has 7 heteroatoms. The summed E-state index contributed by atoms with van der Waals surface area (Å²) in [7, 11) is 1.31. The summed E-state index contributed by atoms with van der Waals surface area (Å²) in [5.74, 6) is -0.326. The normalized spacial score (nSPS) is 26.2. The van der Waals surface area contributed by atoms with Crippen LogP contribution in [-0.4, -0.2) is 48.9 Å². The van der Waals surface area contributed by atoms with E-state index in [-0.39, 0.29) is 12.1 Å². The number of rotatable bonds is 3. The lowest BCUT2D eigenvalue weighted by Crippen LogP contribution is -2.51. The van der Waals surface area contributed by atoms with Gasteiger partial charge in [0.2, 0.25) is 0 Å². The number of hydrogen-bond donors (Lipinski definition) is 2. The van der Waals surface area contributed by atoms with E-state index in [1.807, 2.05) is 0 Å². The van der Waals surface area contributed by atoms with Crippen LogP contribution in [0.25, 0.3) is 0 Å². The summed E-state index contributed by atoms with van der Waals surface area (Å²) in [6, 6.07) is 0. The third-order valence-corrected chi connectivity index (χ3v) is 3.28. The molecule has 102 valence electrons. The van der Waals surface area contributed by atoms with Gasteiger partial charge < -0.3 is 15.2 Å². The molecule has 0 aromatic heterocycles. The molecular weight excluding hydrogens is 238 g/mol. The third kappa shape index (κ3) is 3.11. The molecule has 2 rings (SSSR count). The number of esters is 1. The lowest BCUT2D eigenvalue weighted by Gasteiger charge is -2.32. The van der Waals surface area contributed by atoms with Gasteiger partial charge in [-0.15, -0.1) is 0 Å². The standard InChI is InChI=1S/C11H19N3O4/c1-17-10(16)13-14-6-2-3-8(7-14)18-9(15)11(12)4-5-11/h8H,2-7,12H2,1H3,(H,13,16). The summed E-state index contributed by atoms with van der Waals surface area (Å²) in [4.78, 5) is 22.8. The predicted molar refractivity (Wildman–Crippen MR) is 62.4 cm³/mol. The maximum Gasteiger partial charge on any atom is 0.421 e. The lowest BCUT2D eigenvalue weighted by molar-refractivity contribution is -0.154. The Morgan fingerprint density at radius 3 is 2.78 bits per heavy atom. The topological polar surface area (TPSA) is 93.9 Å². The molecule has 3 N–H and O–H groups in total. The van der Waals surface area contributed by atoms with Gasteiger partial charge in [0.1, 0.15) is 11.6 Å². The van der Waals surface area contributed by atoms with Crippen molar-refractivity contribution in [2.45, 2.75) is 37.3 Å². The Kier molecular flexibility index (Phi) is 3.72. The number of methoxy groups -OCH3 is 1. The number of hydrogen-bond acceptors (Lipinski definition) is 6. The molecule has 0 radical (unpaired) electrons. The van der Waals surface area contributed by atoms with Gasteiger partial charge in [-0.1, -0.05) is 0 Å². The molecule has 1 saturated heterocycles. The van der Waals surface area contributed by atoms with Gasteiger partial charge in [-0.2, -0.15) is 0 Å². The van der Waals surface area contributed by atoms with Crippen LogP contribution in [0.15, 0.2) is 0 Å². The Morgan fingerprint density at radius 1 is 1.44 bits per heavy atom. The van der Waals surface area contributed by atoms with E-state index in [1.54, 1.807) is 5.01 Å². The van der Waals surface area contributed by atoms with Crippen molar-refractivity contribution in [3.05, 3.63) is 0 Å². The number of carbonyl (C=O) groups is 2. The fourth-order valence-electron chi connectivity index (χ4n) is 1.92. The average Bonchev–Trinajstić information content (AvgIpc) is 3.09. The van der Waals surface area contributed by atoms with Gasteiger partial charge in [-0.25, -0.2) is 9.80 Å². The summed E-state index contributed by atoms with van der Waals surface area (Å²) in [6.45, 7) is 1.19. The molecule has 0 spiro atoms. The number of carbonyl (C=O) groups excluding carboxylic acids is 2. The van der Waals surface area contributed by atoms with Gasteiger partial charge in [0, 0.05) is 6.54 Å². The van der Waals surface area contributed by atoms with Crippen LogP contribution in [-0.2, 0) is 14.3 Å². The van der Waals surface area contributed by atoms with Gasteiger partial charge >= 0.3 is 12.1 Å². The first-order chi connectivity index (χ1) is 8.53. The summed E-state index contributed by atoms with van der Waals surface area (Å²) < 4.78 is 9.88. The molecule has 0 aromatic carbocycles. The number of nitrogens with two attached hydrogens (primary N) is 1. The number of ether oxygens (including phenoxy) is 2.